The predicted molar refractivity (Wildman–Crippen MR) is 121 cm³/mol. The van der Waals surface area contributed by atoms with E-state index in [-0.39, 0.29) is 0 Å². The van der Waals surface area contributed by atoms with Crippen LogP contribution in [-0.4, -0.2) is 37.0 Å². The Kier molecular flexibility index (Phi) is 14.8. The number of hydrogen-bond donors (Lipinski definition) is 0. The molecule has 6 nitrogen and oxygen atoms in total. The van der Waals surface area contributed by atoms with E-state index in [4.69, 9.17) is 25.9 Å². The molecule has 0 saturated carbocycles. The average molecular weight is 660 g/mol. The second kappa shape index (κ2) is 15.1. The first-order valence-corrected chi connectivity index (χ1v) is 16.5. The third-order valence-electron chi connectivity index (χ3n) is 5.33. The number of hydrogen-bond acceptors (Lipinski definition) is 6. The number of allylic oxidation sites excluding steroid dienone is 8. The molecule has 0 heterocycles. The van der Waals surface area contributed by atoms with Gasteiger partial charge in [0.25, 0.3) is 0 Å². The first kappa shape index (κ1) is 36.2. The van der Waals surface area contributed by atoms with Crippen molar-refractivity contribution in [2.24, 2.45) is 0 Å². The van der Waals surface area contributed by atoms with Gasteiger partial charge in [0.15, 0.2) is 20.2 Å². The second-order valence-electron chi connectivity index (χ2n) is 8.23. The molecule has 15 heteroatoms. The van der Waals surface area contributed by atoms with E-state index in [1.165, 1.54) is 51.4 Å². The van der Waals surface area contributed by atoms with Crippen LogP contribution >= 0.6 is 0 Å². The van der Waals surface area contributed by atoms with Crippen molar-refractivity contribution in [1.29, 1.82) is 0 Å². The Labute approximate surface area is 226 Å². The maximum atomic E-state index is 10.7. The second-order valence-corrected chi connectivity index (χ2v) is 14.6. The molecule has 0 aromatic rings. The van der Waals surface area contributed by atoms with Crippen LogP contribution in [0.5, 0.6) is 0 Å². The van der Waals surface area contributed by atoms with Gasteiger partial charge in [0.2, 0.25) is 0 Å². The third-order valence-corrected chi connectivity index (χ3v) is 10.4. The molecule has 0 aromatic heterocycles. The summed E-state index contributed by atoms with van der Waals surface area (Å²) in [5.41, 5.74) is -4.58. The van der Waals surface area contributed by atoms with Crippen LogP contribution in [-0.2, 0) is 43.5 Å². The van der Waals surface area contributed by atoms with E-state index < -0.39 is 54.5 Å². The minimum atomic E-state index is -6.09. The molecule has 0 saturated heterocycles. The normalized spacial score (nSPS) is 16.4. The summed E-state index contributed by atoms with van der Waals surface area (Å²) in [6, 6.07) is 0. The Balaban J connectivity index is 0.000000669. The first-order valence-electron chi connectivity index (χ1n) is 11.3. The van der Waals surface area contributed by atoms with Gasteiger partial charge in [0, 0.05) is 0 Å². The largest absolute Gasteiger partial charge is 0.741 e. The number of unbranched alkanes of at least 4 members (excludes halogenated alkanes) is 2. The van der Waals surface area contributed by atoms with E-state index in [9.17, 15) is 26.3 Å². The van der Waals surface area contributed by atoms with Crippen molar-refractivity contribution in [3.8, 4) is 0 Å². The van der Waals surface area contributed by atoms with E-state index in [0.29, 0.717) is 0 Å². The van der Waals surface area contributed by atoms with Gasteiger partial charge in [0.05, 0.1) is 0 Å². The Bertz CT molecular complexity index is 1030. The topological polar surface area (TPSA) is 114 Å². The van der Waals surface area contributed by atoms with Gasteiger partial charge in [-0.25, -0.2) is 16.8 Å². The smallest absolute Gasteiger partial charge is 0.485 e. The van der Waals surface area contributed by atoms with Crippen molar-refractivity contribution >= 4 is 20.2 Å². The molecular weight excluding hydrogens is 630 g/mol. The zero-order valence-electron chi connectivity index (χ0n) is 20.8. The first-order chi connectivity index (χ1) is 16.7. The van der Waals surface area contributed by atoms with Crippen LogP contribution in [0, 0.1) is 0 Å². The van der Waals surface area contributed by atoms with Crippen molar-refractivity contribution in [1.82, 2.24) is 0 Å². The summed E-state index contributed by atoms with van der Waals surface area (Å²) in [6.45, 7) is 9.29. The molecule has 0 bridgehead atoms. The summed E-state index contributed by atoms with van der Waals surface area (Å²) in [5.74, 6) is 0. The van der Waals surface area contributed by atoms with Crippen LogP contribution in [0.1, 0.15) is 79.1 Å². The quantitative estimate of drug-likeness (QED) is 0.162. The summed E-state index contributed by atoms with van der Waals surface area (Å²) in [6.07, 6.45) is 15.6. The molecule has 0 atom stereocenters. The number of rotatable bonds is 8. The molecule has 2 aliphatic carbocycles. The van der Waals surface area contributed by atoms with E-state index in [2.05, 4.69) is 39.8 Å². The van der Waals surface area contributed by atoms with Crippen LogP contribution in [0.2, 0.25) is 0 Å². The standard InChI is InChI=1S/2C10H15.2CHF3O3S.Zr/c2*1-3-4-7-10-8-5-6-9(10)2;2*2-1(3,4)8(5,6)7;/h2*6H,3-5,7H2,1-2H3;2*(H,5,6,7);/q;;;;+2/p-2. The Hall–Kier alpha value is -0.757. The maximum absolute atomic E-state index is 10.7. The van der Waals surface area contributed by atoms with Crippen molar-refractivity contribution < 1.29 is 75.5 Å². The molecule has 0 unspecified atom stereocenters. The molecule has 0 radical (unpaired) electrons. The molecule has 0 aliphatic heterocycles. The molecule has 2 aliphatic rings. The van der Waals surface area contributed by atoms with Crippen molar-refractivity contribution in [2.45, 2.75) is 90.1 Å². The van der Waals surface area contributed by atoms with Gasteiger partial charge in [-0.3, -0.25) is 0 Å². The summed E-state index contributed by atoms with van der Waals surface area (Å²) < 4.78 is 122. The summed E-state index contributed by atoms with van der Waals surface area (Å²) in [7, 11) is -12.2. The van der Waals surface area contributed by atoms with Crippen LogP contribution in [0.3, 0.4) is 0 Å². The minimum Gasteiger partial charge on any atom is -0.741 e. The van der Waals surface area contributed by atoms with Gasteiger partial charge in [0.1, 0.15) is 0 Å². The van der Waals surface area contributed by atoms with E-state index in [0.717, 1.165) is 0 Å². The zero-order valence-corrected chi connectivity index (χ0v) is 24.9. The Morgan fingerprint density at radius 1 is 0.730 bits per heavy atom. The Morgan fingerprint density at radius 3 is 1.22 bits per heavy atom. The molecular formula is C22H30F6O6S2Zr. The van der Waals surface area contributed by atoms with Crippen LogP contribution in [0.25, 0.3) is 0 Å². The molecule has 0 spiro atoms. The fourth-order valence-corrected chi connectivity index (χ4v) is 7.54. The van der Waals surface area contributed by atoms with Crippen molar-refractivity contribution in [3.63, 3.8) is 0 Å². The molecule has 2 rings (SSSR count). The van der Waals surface area contributed by atoms with Gasteiger partial charge in [-0.05, 0) is 0 Å². The monoisotopic (exact) mass is 658 g/mol. The fraction of sp³-hybridized carbons (Fsp3) is 0.636. The zero-order chi connectivity index (χ0) is 29.2. The summed E-state index contributed by atoms with van der Waals surface area (Å²) in [4.78, 5) is 0. The van der Waals surface area contributed by atoms with Gasteiger partial charge in [-0.15, -0.1) is 0 Å². The predicted octanol–water partition coefficient (Wildman–Crippen LogP) is 6.76. The molecule has 212 valence electrons. The maximum Gasteiger partial charge on any atom is 0.485 e. The fourth-order valence-electron chi connectivity index (χ4n) is 3.32. The van der Waals surface area contributed by atoms with Gasteiger partial charge >= 0.3 is 154 Å². The molecule has 37 heavy (non-hydrogen) atoms. The Morgan fingerprint density at radius 2 is 1.00 bits per heavy atom. The van der Waals surface area contributed by atoms with Gasteiger partial charge in [-0.2, -0.15) is 26.3 Å². The van der Waals surface area contributed by atoms with Gasteiger partial charge in [-0.1, -0.05) is 0 Å². The van der Waals surface area contributed by atoms with Crippen LogP contribution in [0.4, 0.5) is 26.3 Å². The van der Waals surface area contributed by atoms with Crippen molar-refractivity contribution in [3.05, 3.63) is 41.0 Å². The third kappa shape index (κ3) is 12.8. The number of alkyl halides is 6. The van der Waals surface area contributed by atoms with E-state index in [1.807, 2.05) is 6.56 Å². The molecule has 0 fully saturated rings. The SMILES string of the molecule is CCCCC1=[C]([Zr+2][C]2=C(CCCC)C(C)=CC2)CC=C1C.O=S(=O)([O-])C(F)(F)F.O=S(=O)([O-])C(F)(F)F. The van der Waals surface area contributed by atoms with E-state index >= 15 is 0 Å². The van der Waals surface area contributed by atoms with E-state index in [1.54, 1.807) is 22.3 Å². The molecule has 0 aromatic carbocycles. The van der Waals surface area contributed by atoms with Gasteiger partial charge < -0.3 is 9.11 Å². The average Bonchev–Trinajstić information content (AvgIpc) is 3.25. The van der Waals surface area contributed by atoms with Crippen LogP contribution in [0.15, 0.2) is 41.0 Å². The van der Waals surface area contributed by atoms with Crippen molar-refractivity contribution in [2.75, 3.05) is 0 Å². The number of halogens is 6. The summed E-state index contributed by atoms with van der Waals surface area (Å²) >= 11 is -0.516. The summed E-state index contributed by atoms with van der Waals surface area (Å²) in [5, 5.41) is 0. The molecule has 0 N–H and O–H groups in total. The molecule has 0 amide bonds. The van der Waals surface area contributed by atoms with Crippen LogP contribution < -0.4 is 0 Å². The minimum absolute atomic E-state index is 0.516.